The van der Waals surface area contributed by atoms with E-state index in [9.17, 15) is 16.8 Å². The van der Waals surface area contributed by atoms with Gasteiger partial charge in [0.25, 0.3) is 0 Å². The van der Waals surface area contributed by atoms with E-state index in [-0.39, 0.29) is 5.69 Å². The van der Waals surface area contributed by atoms with E-state index < -0.39 is 20.0 Å². The molecule has 0 bridgehead atoms. The summed E-state index contributed by atoms with van der Waals surface area (Å²) in [4.78, 5) is 0. The van der Waals surface area contributed by atoms with Gasteiger partial charge < -0.3 is 0 Å². The van der Waals surface area contributed by atoms with E-state index in [1.54, 1.807) is 12.1 Å². The average molecular weight is 276 g/mol. The predicted molar refractivity (Wildman–Crippen MR) is 67.7 cm³/mol. The fourth-order valence-electron chi connectivity index (χ4n) is 1.41. The van der Waals surface area contributed by atoms with Gasteiger partial charge in [-0.3, -0.25) is 0 Å². The molecule has 1 aromatic carbocycles. The molecule has 0 aliphatic heterocycles. The topological polar surface area (TPSA) is 71.5 Å². The third kappa shape index (κ3) is 3.44. The highest BCUT2D eigenvalue weighted by Gasteiger charge is 2.26. The van der Waals surface area contributed by atoms with Crippen LogP contribution in [0.1, 0.15) is 5.56 Å². The molecule has 0 amide bonds. The molecule has 0 saturated carbocycles. The highest BCUT2D eigenvalue weighted by Crippen LogP contribution is 2.21. The third-order valence-corrected chi connectivity index (χ3v) is 5.29. The SMILES string of the molecule is [CH2]Cc1ccc(N(S(C)(=O)=O)S(C)(=O)=O)cc1. The van der Waals surface area contributed by atoms with Gasteiger partial charge in [0.15, 0.2) is 0 Å². The molecule has 0 aliphatic rings. The van der Waals surface area contributed by atoms with E-state index in [2.05, 4.69) is 6.92 Å². The molecule has 1 rings (SSSR count). The van der Waals surface area contributed by atoms with Crippen molar-refractivity contribution >= 4 is 25.7 Å². The van der Waals surface area contributed by atoms with Crippen molar-refractivity contribution in [2.24, 2.45) is 0 Å². The second-order valence-electron chi connectivity index (χ2n) is 3.64. The average Bonchev–Trinajstić information content (AvgIpc) is 2.14. The van der Waals surface area contributed by atoms with Crippen molar-refractivity contribution in [2.75, 3.05) is 16.2 Å². The molecule has 0 spiro atoms. The number of hydrogen-bond acceptors (Lipinski definition) is 4. The number of hydrogen-bond donors (Lipinski definition) is 0. The first-order valence-electron chi connectivity index (χ1n) is 4.75. The van der Waals surface area contributed by atoms with Gasteiger partial charge in [0.1, 0.15) is 0 Å². The lowest BCUT2D eigenvalue weighted by Gasteiger charge is -2.19. The molecule has 0 aromatic heterocycles. The normalized spacial score (nSPS) is 12.4. The number of sulfonamides is 2. The Morgan fingerprint density at radius 1 is 1.00 bits per heavy atom. The molecule has 0 atom stereocenters. The Morgan fingerprint density at radius 3 is 1.71 bits per heavy atom. The van der Waals surface area contributed by atoms with E-state index in [1.807, 2.05) is 0 Å². The largest absolute Gasteiger partial charge is 0.245 e. The molecule has 1 radical (unpaired) electrons. The van der Waals surface area contributed by atoms with Crippen LogP contribution in [0.4, 0.5) is 5.69 Å². The van der Waals surface area contributed by atoms with Gasteiger partial charge in [-0.1, -0.05) is 12.1 Å². The third-order valence-electron chi connectivity index (χ3n) is 2.04. The highest BCUT2D eigenvalue weighted by atomic mass is 32.3. The zero-order chi connectivity index (χ0) is 13.3. The Kier molecular flexibility index (Phi) is 3.83. The van der Waals surface area contributed by atoms with Crippen molar-refractivity contribution < 1.29 is 16.8 Å². The van der Waals surface area contributed by atoms with Crippen LogP contribution in [0.3, 0.4) is 0 Å². The van der Waals surface area contributed by atoms with Gasteiger partial charge in [-0.25, -0.2) is 16.8 Å². The van der Waals surface area contributed by atoms with Crippen LogP contribution in [-0.2, 0) is 26.5 Å². The fraction of sp³-hybridized carbons (Fsp3) is 0.300. The van der Waals surface area contributed by atoms with Gasteiger partial charge in [0.05, 0.1) is 18.2 Å². The lowest BCUT2D eigenvalue weighted by molar-refractivity contribution is 0.590. The molecule has 0 N–H and O–H groups in total. The summed E-state index contributed by atoms with van der Waals surface area (Å²) in [7, 11) is -7.73. The van der Waals surface area contributed by atoms with Crippen molar-refractivity contribution in [2.45, 2.75) is 6.42 Å². The molecular formula is C10H14NO4S2. The quantitative estimate of drug-likeness (QED) is 0.815. The molecule has 0 unspecified atom stereocenters. The van der Waals surface area contributed by atoms with E-state index in [4.69, 9.17) is 0 Å². The molecule has 5 nitrogen and oxygen atoms in total. The molecule has 0 fully saturated rings. The first kappa shape index (κ1) is 14.0. The summed E-state index contributed by atoms with van der Waals surface area (Å²) in [6.45, 7) is 3.68. The lowest BCUT2D eigenvalue weighted by atomic mass is 10.2. The van der Waals surface area contributed by atoms with Gasteiger partial charge in [-0.15, -0.1) is 0 Å². The summed E-state index contributed by atoms with van der Waals surface area (Å²) in [5.41, 5.74) is 1.00. The van der Waals surface area contributed by atoms with Gasteiger partial charge >= 0.3 is 0 Å². The van der Waals surface area contributed by atoms with Crippen molar-refractivity contribution in [3.63, 3.8) is 0 Å². The number of rotatable bonds is 4. The standard InChI is InChI=1S/C10H14NO4S2/c1-4-9-5-7-10(8-6-9)11(16(2,12)13)17(3,14)15/h5-8H,1,4H2,2-3H3. The van der Waals surface area contributed by atoms with Gasteiger partial charge in [-0.2, -0.15) is 3.71 Å². The van der Waals surface area contributed by atoms with Crippen molar-refractivity contribution in [3.05, 3.63) is 36.8 Å². The summed E-state index contributed by atoms with van der Waals surface area (Å²) in [6, 6.07) is 6.18. The fourth-order valence-corrected chi connectivity index (χ4v) is 4.39. The Labute approximate surface area is 102 Å². The maximum absolute atomic E-state index is 11.5. The summed E-state index contributed by atoms with van der Waals surface area (Å²) >= 11 is 0. The van der Waals surface area contributed by atoms with Crippen LogP contribution in [0.25, 0.3) is 0 Å². The number of nitrogens with zero attached hydrogens (tertiary/aromatic N) is 1. The molecule has 0 aliphatic carbocycles. The van der Waals surface area contributed by atoms with Crippen LogP contribution >= 0.6 is 0 Å². The zero-order valence-electron chi connectivity index (χ0n) is 9.62. The van der Waals surface area contributed by atoms with E-state index in [0.29, 0.717) is 10.1 Å². The second kappa shape index (κ2) is 4.66. The molecule has 17 heavy (non-hydrogen) atoms. The zero-order valence-corrected chi connectivity index (χ0v) is 11.3. The van der Waals surface area contributed by atoms with Gasteiger partial charge in [0.2, 0.25) is 20.0 Å². The van der Waals surface area contributed by atoms with Gasteiger partial charge in [0, 0.05) is 0 Å². The van der Waals surface area contributed by atoms with Crippen LogP contribution in [0, 0.1) is 6.92 Å². The summed E-state index contributed by atoms with van der Waals surface area (Å²) in [5, 5.41) is 0. The first-order chi connectivity index (χ1) is 7.66. The Balaban J connectivity index is 3.34. The Morgan fingerprint density at radius 2 is 1.41 bits per heavy atom. The first-order valence-corrected chi connectivity index (χ1v) is 8.44. The van der Waals surface area contributed by atoms with Crippen LogP contribution < -0.4 is 3.71 Å². The minimum Gasteiger partial charge on any atom is -0.206 e. The van der Waals surface area contributed by atoms with E-state index >= 15 is 0 Å². The van der Waals surface area contributed by atoms with Crippen molar-refractivity contribution in [1.82, 2.24) is 0 Å². The maximum atomic E-state index is 11.5. The highest BCUT2D eigenvalue weighted by molar-refractivity contribution is 8.09. The molecule has 1 aromatic rings. The smallest absolute Gasteiger partial charge is 0.206 e. The lowest BCUT2D eigenvalue weighted by Crippen LogP contribution is -2.35. The Bertz CT molecular complexity index is 556. The van der Waals surface area contributed by atoms with E-state index in [1.165, 1.54) is 12.1 Å². The van der Waals surface area contributed by atoms with E-state index in [0.717, 1.165) is 18.1 Å². The Hall–Kier alpha value is -1.08. The second-order valence-corrected chi connectivity index (χ2v) is 7.53. The van der Waals surface area contributed by atoms with Crippen molar-refractivity contribution in [3.8, 4) is 0 Å². The monoisotopic (exact) mass is 276 g/mol. The summed E-state index contributed by atoms with van der Waals surface area (Å²) < 4.78 is 46.3. The summed E-state index contributed by atoms with van der Waals surface area (Å²) in [6.07, 6.45) is 2.25. The summed E-state index contributed by atoms with van der Waals surface area (Å²) in [5.74, 6) is 0. The van der Waals surface area contributed by atoms with Gasteiger partial charge in [-0.05, 0) is 31.0 Å². The minimum absolute atomic E-state index is 0.104. The van der Waals surface area contributed by atoms with Crippen LogP contribution in [0.5, 0.6) is 0 Å². The number of anilines is 1. The molecule has 0 saturated heterocycles. The van der Waals surface area contributed by atoms with Crippen LogP contribution in [0.15, 0.2) is 24.3 Å². The van der Waals surface area contributed by atoms with Crippen molar-refractivity contribution in [1.29, 1.82) is 0 Å². The molecular weight excluding hydrogens is 262 g/mol. The minimum atomic E-state index is -3.87. The van der Waals surface area contributed by atoms with Crippen LogP contribution in [0.2, 0.25) is 0 Å². The predicted octanol–water partition coefficient (Wildman–Crippen LogP) is 0.789. The molecule has 95 valence electrons. The molecule has 7 heteroatoms. The number of benzene rings is 1. The van der Waals surface area contributed by atoms with Crippen LogP contribution in [-0.4, -0.2) is 29.3 Å². The maximum Gasteiger partial charge on any atom is 0.245 e. The molecule has 0 heterocycles.